The maximum atomic E-state index is 12.6. The van der Waals surface area contributed by atoms with Gasteiger partial charge in [-0.25, -0.2) is 8.42 Å². The van der Waals surface area contributed by atoms with E-state index in [1.807, 2.05) is 17.8 Å². The zero-order valence-corrected chi connectivity index (χ0v) is 12.7. The SMILES string of the molecule is CCC1CN(S(=O)(=O)c2cccc(CN)c2)CCS1. The minimum Gasteiger partial charge on any atom is -0.326 e. The van der Waals surface area contributed by atoms with Crippen LogP contribution in [-0.2, 0) is 16.6 Å². The molecule has 1 aliphatic rings. The van der Waals surface area contributed by atoms with E-state index in [0.717, 1.165) is 17.7 Å². The normalized spacial score (nSPS) is 21.5. The van der Waals surface area contributed by atoms with Gasteiger partial charge in [-0.1, -0.05) is 19.1 Å². The molecule has 1 atom stereocenters. The van der Waals surface area contributed by atoms with Crippen molar-refractivity contribution in [2.75, 3.05) is 18.8 Å². The third kappa shape index (κ3) is 3.31. The lowest BCUT2D eigenvalue weighted by Gasteiger charge is -2.31. The maximum absolute atomic E-state index is 12.6. The summed E-state index contributed by atoms with van der Waals surface area (Å²) >= 11 is 1.86. The van der Waals surface area contributed by atoms with Gasteiger partial charge in [0.25, 0.3) is 0 Å². The molecule has 0 aromatic heterocycles. The molecular weight excluding hydrogens is 280 g/mol. The zero-order valence-electron chi connectivity index (χ0n) is 11.1. The Balaban J connectivity index is 2.25. The molecule has 1 fully saturated rings. The average Bonchev–Trinajstić information content (AvgIpc) is 2.47. The summed E-state index contributed by atoms with van der Waals surface area (Å²) < 4.78 is 26.8. The quantitative estimate of drug-likeness (QED) is 0.918. The van der Waals surface area contributed by atoms with Gasteiger partial charge < -0.3 is 5.73 Å². The van der Waals surface area contributed by atoms with Crippen molar-refractivity contribution >= 4 is 21.8 Å². The molecule has 1 aromatic carbocycles. The first-order chi connectivity index (χ1) is 9.07. The second kappa shape index (κ2) is 6.26. The predicted octanol–water partition coefficient (Wildman–Crippen LogP) is 1.66. The topological polar surface area (TPSA) is 63.4 Å². The average molecular weight is 300 g/mol. The number of sulfonamides is 1. The fourth-order valence-electron chi connectivity index (χ4n) is 2.14. The number of rotatable bonds is 4. The van der Waals surface area contributed by atoms with Gasteiger partial charge in [-0.05, 0) is 24.1 Å². The summed E-state index contributed by atoms with van der Waals surface area (Å²) in [6, 6.07) is 6.93. The molecule has 1 aromatic rings. The monoisotopic (exact) mass is 300 g/mol. The van der Waals surface area contributed by atoms with Crippen molar-refractivity contribution in [2.24, 2.45) is 5.73 Å². The highest BCUT2D eigenvalue weighted by Gasteiger charge is 2.29. The first-order valence-corrected chi connectivity index (χ1v) is 8.97. The van der Waals surface area contributed by atoms with Crippen molar-refractivity contribution in [3.8, 4) is 0 Å². The third-order valence-corrected chi connectivity index (χ3v) is 6.56. The van der Waals surface area contributed by atoms with Crippen molar-refractivity contribution < 1.29 is 8.42 Å². The number of thioether (sulfide) groups is 1. The van der Waals surface area contributed by atoms with E-state index < -0.39 is 10.0 Å². The van der Waals surface area contributed by atoms with Crippen LogP contribution in [0.3, 0.4) is 0 Å². The van der Waals surface area contributed by atoms with Gasteiger partial charge in [-0.2, -0.15) is 16.1 Å². The van der Waals surface area contributed by atoms with Gasteiger partial charge >= 0.3 is 0 Å². The molecule has 106 valence electrons. The van der Waals surface area contributed by atoms with Crippen LogP contribution in [0.15, 0.2) is 29.2 Å². The molecule has 1 unspecified atom stereocenters. The minimum atomic E-state index is -3.37. The summed E-state index contributed by atoms with van der Waals surface area (Å²) in [5.74, 6) is 0.869. The molecular formula is C13H20N2O2S2. The Kier molecular flexibility index (Phi) is 4.89. The van der Waals surface area contributed by atoms with Crippen molar-refractivity contribution in [3.63, 3.8) is 0 Å². The van der Waals surface area contributed by atoms with Gasteiger partial charge in [0.05, 0.1) is 4.90 Å². The summed E-state index contributed by atoms with van der Waals surface area (Å²) in [4.78, 5) is 0.359. The highest BCUT2D eigenvalue weighted by Crippen LogP contribution is 2.26. The number of hydrogen-bond donors (Lipinski definition) is 1. The minimum absolute atomic E-state index is 0.358. The number of nitrogens with zero attached hydrogens (tertiary/aromatic N) is 1. The van der Waals surface area contributed by atoms with Gasteiger partial charge in [0, 0.05) is 30.6 Å². The molecule has 0 amide bonds. The molecule has 0 radical (unpaired) electrons. The molecule has 0 bridgehead atoms. The second-order valence-corrected chi connectivity index (χ2v) is 7.96. The first-order valence-electron chi connectivity index (χ1n) is 6.48. The first kappa shape index (κ1) is 14.8. The molecule has 6 heteroatoms. The van der Waals surface area contributed by atoms with Crippen molar-refractivity contribution in [1.82, 2.24) is 4.31 Å². The Labute approximate surface area is 119 Å². The van der Waals surface area contributed by atoms with Crippen LogP contribution >= 0.6 is 11.8 Å². The van der Waals surface area contributed by atoms with E-state index in [-0.39, 0.29) is 0 Å². The lowest BCUT2D eigenvalue weighted by Crippen LogP contribution is -2.41. The van der Waals surface area contributed by atoms with E-state index >= 15 is 0 Å². The van der Waals surface area contributed by atoms with E-state index in [4.69, 9.17) is 5.73 Å². The van der Waals surface area contributed by atoms with E-state index in [9.17, 15) is 8.42 Å². The molecule has 2 rings (SSSR count). The highest BCUT2D eigenvalue weighted by molar-refractivity contribution is 8.00. The van der Waals surface area contributed by atoms with Crippen molar-refractivity contribution in [2.45, 2.75) is 30.0 Å². The lowest BCUT2D eigenvalue weighted by atomic mass is 10.2. The molecule has 1 saturated heterocycles. The van der Waals surface area contributed by atoms with Gasteiger partial charge in [0.1, 0.15) is 0 Å². The van der Waals surface area contributed by atoms with Crippen LogP contribution in [0.5, 0.6) is 0 Å². The zero-order chi connectivity index (χ0) is 13.9. The molecule has 19 heavy (non-hydrogen) atoms. The summed E-state index contributed by atoms with van der Waals surface area (Å²) in [5, 5.41) is 0.404. The Bertz CT molecular complexity index is 531. The van der Waals surface area contributed by atoms with Gasteiger partial charge in [0.2, 0.25) is 10.0 Å². The highest BCUT2D eigenvalue weighted by atomic mass is 32.2. The summed E-state index contributed by atoms with van der Waals surface area (Å²) in [7, 11) is -3.37. The van der Waals surface area contributed by atoms with Gasteiger partial charge in [-0.15, -0.1) is 0 Å². The Morgan fingerprint density at radius 2 is 2.26 bits per heavy atom. The largest absolute Gasteiger partial charge is 0.326 e. The lowest BCUT2D eigenvalue weighted by molar-refractivity contribution is 0.416. The fourth-order valence-corrected chi connectivity index (χ4v) is 5.09. The number of nitrogens with two attached hydrogens (primary N) is 1. The predicted molar refractivity (Wildman–Crippen MR) is 79.6 cm³/mol. The third-order valence-electron chi connectivity index (χ3n) is 3.33. The summed E-state index contributed by atoms with van der Waals surface area (Å²) in [6.45, 7) is 3.66. The Morgan fingerprint density at radius 3 is 2.95 bits per heavy atom. The van der Waals surface area contributed by atoms with E-state index in [2.05, 4.69) is 6.92 Å². The van der Waals surface area contributed by atoms with Crippen LogP contribution in [0.4, 0.5) is 0 Å². The summed E-state index contributed by atoms with van der Waals surface area (Å²) in [6.07, 6.45) is 1.000. The maximum Gasteiger partial charge on any atom is 0.243 e. The van der Waals surface area contributed by atoms with E-state index in [0.29, 0.717) is 29.8 Å². The van der Waals surface area contributed by atoms with E-state index in [1.165, 1.54) is 0 Å². The molecule has 1 aliphatic heterocycles. The summed E-state index contributed by atoms with van der Waals surface area (Å²) in [5.41, 5.74) is 6.42. The smallest absolute Gasteiger partial charge is 0.243 e. The Hall–Kier alpha value is -0.560. The van der Waals surface area contributed by atoms with Crippen LogP contribution < -0.4 is 5.73 Å². The Morgan fingerprint density at radius 1 is 1.47 bits per heavy atom. The van der Waals surface area contributed by atoms with Crippen LogP contribution in [-0.4, -0.2) is 36.8 Å². The number of benzene rings is 1. The molecule has 0 aliphatic carbocycles. The van der Waals surface area contributed by atoms with Crippen molar-refractivity contribution in [3.05, 3.63) is 29.8 Å². The van der Waals surface area contributed by atoms with Crippen LogP contribution in [0.1, 0.15) is 18.9 Å². The molecule has 1 heterocycles. The molecule has 0 spiro atoms. The molecule has 4 nitrogen and oxygen atoms in total. The second-order valence-electron chi connectivity index (χ2n) is 4.62. The van der Waals surface area contributed by atoms with E-state index in [1.54, 1.807) is 22.5 Å². The van der Waals surface area contributed by atoms with Crippen LogP contribution in [0.2, 0.25) is 0 Å². The van der Waals surface area contributed by atoms with Crippen molar-refractivity contribution in [1.29, 1.82) is 0 Å². The molecule has 2 N–H and O–H groups in total. The van der Waals surface area contributed by atoms with Crippen LogP contribution in [0.25, 0.3) is 0 Å². The number of hydrogen-bond acceptors (Lipinski definition) is 4. The van der Waals surface area contributed by atoms with Crippen LogP contribution in [0, 0.1) is 0 Å². The fraction of sp³-hybridized carbons (Fsp3) is 0.538. The van der Waals surface area contributed by atoms with Gasteiger partial charge in [0.15, 0.2) is 0 Å². The van der Waals surface area contributed by atoms with Gasteiger partial charge in [-0.3, -0.25) is 0 Å². The standard InChI is InChI=1S/C13H20N2O2S2/c1-2-12-10-15(6-7-18-12)19(16,17)13-5-3-4-11(8-13)9-14/h3-5,8,12H,2,6-7,9-10,14H2,1H3. The molecule has 0 saturated carbocycles.